The van der Waals surface area contributed by atoms with E-state index in [1.807, 2.05) is 0 Å². The van der Waals surface area contributed by atoms with Gasteiger partial charge in [0.25, 0.3) is 0 Å². The summed E-state index contributed by atoms with van der Waals surface area (Å²) in [5.74, 6) is 0.0198. The summed E-state index contributed by atoms with van der Waals surface area (Å²) in [6, 6.07) is 4.00. The number of ether oxygens (including phenoxy) is 1. The van der Waals surface area contributed by atoms with Gasteiger partial charge in [-0.25, -0.2) is 0 Å². The average Bonchev–Trinajstić information content (AvgIpc) is 3.01. The molecular weight excluding hydrogens is 255 g/mol. The second kappa shape index (κ2) is 4.38. The molecule has 0 amide bonds. The highest BCUT2D eigenvalue weighted by Gasteiger charge is 2.33. The molecule has 1 aromatic rings. The number of benzene rings is 1. The van der Waals surface area contributed by atoms with E-state index in [9.17, 15) is 13.2 Å². The van der Waals surface area contributed by atoms with Gasteiger partial charge in [0.1, 0.15) is 5.75 Å². The zero-order valence-corrected chi connectivity index (χ0v) is 9.55. The first-order valence-corrected chi connectivity index (χ1v) is 5.55. The van der Waals surface area contributed by atoms with Gasteiger partial charge >= 0.3 is 6.36 Å². The summed E-state index contributed by atoms with van der Waals surface area (Å²) >= 11 is 5.72. The first-order chi connectivity index (χ1) is 7.87. The van der Waals surface area contributed by atoms with Gasteiger partial charge in [-0.05, 0) is 36.5 Å². The predicted molar refractivity (Wildman–Crippen MR) is 57.8 cm³/mol. The van der Waals surface area contributed by atoms with Gasteiger partial charge in [0.15, 0.2) is 0 Å². The van der Waals surface area contributed by atoms with Gasteiger partial charge < -0.3 is 10.5 Å². The average molecular weight is 266 g/mol. The Labute approximate surface area is 102 Å². The van der Waals surface area contributed by atoms with Crippen LogP contribution in [-0.4, -0.2) is 6.36 Å². The van der Waals surface area contributed by atoms with Gasteiger partial charge in [-0.1, -0.05) is 17.7 Å². The summed E-state index contributed by atoms with van der Waals surface area (Å²) in [6.45, 7) is 0. The molecular formula is C11H11ClF3NO. The van der Waals surface area contributed by atoms with Crippen LogP contribution in [-0.2, 0) is 0 Å². The summed E-state index contributed by atoms with van der Waals surface area (Å²) in [5.41, 5.74) is 6.67. The van der Waals surface area contributed by atoms with Crippen molar-refractivity contribution >= 4 is 11.6 Å². The van der Waals surface area contributed by atoms with Gasteiger partial charge in [-0.2, -0.15) is 0 Å². The van der Waals surface area contributed by atoms with E-state index >= 15 is 0 Å². The first kappa shape index (κ1) is 12.5. The lowest BCUT2D eigenvalue weighted by molar-refractivity contribution is -0.274. The molecule has 17 heavy (non-hydrogen) atoms. The topological polar surface area (TPSA) is 35.2 Å². The van der Waals surface area contributed by atoms with Crippen molar-refractivity contribution in [1.82, 2.24) is 0 Å². The van der Waals surface area contributed by atoms with Gasteiger partial charge in [-0.3, -0.25) is 0 Å². The molecule has 0 spiro atoms. The molecule has 0 bridgehead atoms. The molecule has 1 aliphatic carbocycles. The smallest absolute Gasteiger partial charge is 0.404 e. The lowest BCUT2D eigenvalue weighted by Gasteiger charge is -2.14. The van der Waals surface area contributed by atoms with Gasteiger partial charge in [0, 0.05) is 6.04 Å². The van der Waals surface area contributed by atoms with E-state index in [0.717, 1.165) is 18.4 Å². The molecule has 1 atom stereocenters. The van der Waals surface area contributed by atoms with Crippen molar-refractivity contribution in [3.63, 3.8) is 0 Å². The Hall–Kier alpha value is -0.940. The fraction of sp³-hybridized carbons (Fsp3) is 0.455. The van der Waals surface area contributed by atoms with Crippen LogP contribution < -0.4 is 10.5 Å². The molecule has 0 aromatic heterocycles. The molecule has 2 N–H and O–H groups in total. The van der Waals surface area contributed by atoms with Gasteiger partial charge in [0.05, 0.1) is 5.02 Å². The Morgan fingerprint density at radius 2 is 2.00 bits per heavy atom. The Morgan fingerprint density at radius 1 is 1.35 bits per heavy atom. The molecule has 0 heterocycles. The molecule has 1 aromatic carbocycles. The van der Waals surface area contributed by atoms with E-state index in [2.05, 4.69) is 4.74 Å². The Kier molecular flexibility index (Phi) is 3.23. The van der Waals surface area contributed by atoms with E-state index in [1.165, 1.54) is 18.2 Å². The number of hydrogen-bond acceptors (Lipinski definition) is 2. The third-order valence-electron chi connectivity index (χ3n) is 2.70. The molecule has 94 valence electrons. The normalized spacial score (nSPS) is 17.9. The molecule has 1 saturated carbocycles. The molecule has 1 aliphatic rings. The van der Waals surface area contributed by atoms with Crippen LogP contribution in [0.2, 0.25) is 5.02 Å². The van der Waals surface area contributed by atoms with Crippen molar-refractivity contribution in [3.8, 4) is 5.75 Å². The third kappa shape index (κ3) is 3.26. The zero-order chi connectivity index (χ0) is 12.6. The Balaban J connectivity index is 2.16. The lowest BCUT2D eigenvalue weighted by atomic mass is 10.0. The van der Waals surface area contributed by atoms with E-state index in [1.54, 1.807) is 0 Å². The number of hydrogen-bond donors (Lipinski definition) is 1. The second-order valence-corrected chi connectivity index (χ2v) is 4.51. The van der Waals surface area contributed by atoms with Crippen molar-refractivity contribution in [2.45, 2.75) is 25.2 Å². The summed E-state index contributed by atoms with van der Waals surface area (Å²) in [4.78, 5) is 0. The van der Waals surface area contributed by atoms with Crippen LogP contribution in [0, 0.1) is 5.92 Å². The zero-order valence-electron chi connectivity index (χ0n) is 8.80. The molecule has 0 saturated heterocycles. The second-order valence-electron chi connectivity index (χ2n) is 4.10. The minimum absolute atomic E-state index is 0.0732. The maximum Gasteiger partial charge on any atom is 0.573 e. The fourth-order valence-corrected chi connectivity index (χ4v) is 1.89. The van der Waals surface area contributed by atoms with Crippen molar-refractivity contribution in [3.05, 3.63) is 28.8 Å². The monoisotopic (exact) mass is 265 g/mol. The summed E-state index contributed by atoms with van der Waals surface area (Å²) in [5, 5.41) is -0.0732. The molecule has 1 fully saturated rings. The molecule has 6 heteroatoms. The SMILES string of the molecule is N[C@H](c1ccc(OC(F)(F)F)c(Cl)c1)C1CC1. The predicted octanol–water partition coefficient (Wildman–Crippen LogP) is 3.65. The third-order valence-corrected chi connectivity index (χ3v) is 2.99. The number of nitrogens with two attached hydrogens (primary N) is 1. The Bertz CT molecular complexity index is 418. The number of alkyl halides is 3. The maximum atomic E-state index is 12.0. The van der Waals surface area contributed by atoms with Crippen LogP contribution in [0.5, 0.6) is 5.75 Å². The highest BCUT2D eigenvalue weighted by Crippen LogP contribution is 2.41. The van der Waals surface area contributed by atoms with E-state index < -0.39 is 12.1 Å². The van der Waals surface area contributed by atoms with Crippen LogP contribution in [0.3, 0.4) is 0 Å². The molecule has 2 nitrogen and oxygen atoms in total. The summed E-state index contributed by atoms with van der Waals surface area (Å²) in [7, 11) is 0. The maximum absolute atomic E-state index is 12.0. The van der Waals surface area contributed by atoms with Gasteiger partial charge in [0.2, 0.25) is 0 Å². The number of rotatable bonds is 3. The van der Waals surface area contributed by atoms with Crippen LogP contribution in [0.4, 0.5) is 13.2 Å². The Morgan fingerprint density at radius 3 is 2.47 bits per heavy atom. The van der Waals surface area contributed by atoms with Crippen molar-refractivity contribution in [2.75, 3.05) is 0 Å². The molecule has 0 unspecified atom stereocenters. The van der Waals surface area contributed by atoms with Crippen LogP contribution in [0.15, 0.2) is 18.2 Å². The lowest BCUT2D eigenvalue weighted by Crippen LogP contribution is -2.18. The molecule has 0 aliphatic heterocycles. The molecule has 2 rings (SSSR count). The van der Waals surface area contributed by atoms with Crippen LogP contribution >= 0.6 is 11.6 Å². The van der Waals surface area contributed by atoms with Crippen molar-refractivity contribution in [1.29, 1.82) is 0 Å². The summed E-state index contributed by atoms with van der Waals surface area (Å²) < 4.78 is 39.8. The first-order valence-electron chi connectivity index (χ1n) is 5.17. The largest absolute Gasteiger partial charge is 0.573 e. The highest BCUT2D eigenvalue weighted by molar-refractivity contribution is 6.32. The van der Waals surface area contributed by atoms with E-state index in [-0.39, 0.29) is 11.1 Å². The van der Waals surface area contributed by atoms with Crippen molar-refractivity contribution < 1.29 is 17.9 Å². The van der Waals surface area contributed by atoms with Gasteiger partial charge in [-0.15, -0.1) is 13.2 Å². The van der Waals surface area contributed by atoms with E-state index in [4.69, 9.17) is 17.3 Å². The van der Waals surface area contributed by atoms with E-state index in [0.29, 0.717) is 5.92 Å². The minimum Gasteiger partial charge on any atom is -0.404 e. The quantitative estimate of drug-likeness (QED) is 0.905. The van der Waals surface area contributed by atoms with Crippen molar-refractivity contribution in [2.24, 2.45) is 11.7 Å². The molecule has 0 radical (unpaired) electrons. The highest BCUT2D eigenvalue weighted by atomic mass is 35.5. The number of halogens is 4. The minimum atomic E-state index is -4.73. The summed E-state index contributed by atoms with van der Waals surface area (Å²) in [6.07, 6.45) is -2.62. The van der Waals surface area contributed by atoms with Crippen LogP contribution in [0.1, 0.15) is 24.4 Å². The van der Waals surface area contributed by atoms with Crippen LogP contribution in [0.25, 0.3) is 0 Å². The fourth-order valence-electron chi connectivity index (χ4n) is 1.66. The standard InChI is InChI=1S/C11H11ClF3NO/c12-8-5-7(10(16)6-1-2-6)3-4-9(8)17-11(13,14)15/h3-6,10H,1-2,16H2/t10-/m0/s1.